The normalized spacial score (nSPS) is 13.4. The van der Waals surface area contributed by atoms with Crippen LogP contribution in [0.2, 0.25) is 0 Å². The lowest BCUT2D eigenvalue weighted by Crippen LogP contribution is -2.42. The third kappa shape index (κ3) is 5.87. The summed E-state index contributed by atoms with van der Waals surface area (Å²) < 4.78 is 42.6. The first-order chi connectivity index (χ1) is 18.8. The Balaban J connectivity index is 1.34. The maximum atomic E-state index is 13.8. The highest BCUT2D eigenvalue weighted by molar-refractivity contribution is 5.96. The molecule has 0 saturated carbocycles. The summed E-state index contributed by atoms with van der Waals surface area (Å²) in [4.78, 5) is 31.5. The molecular weight excluding hydrogens is 505 g/mol. The summed E-state index contributed by atoms with van der Waals surface area (Å²) in [6, 6.07) is 23.4. The highest BCUT2D eigenvalue weighted by Crippen LogP contribution is 2.45. The van der Waals surface area contributed by atoms with Crippen molar-refractivity contribution in [2.24, 2.45) is 0 Å². The molecule has 0 aliphatic heterocycles. The first-order valence-electron chi connectivity index (χ1n) is 12.7. The van der Waals surface area contributed by atoms with Gasteiger partial charge in [0.05, 0.1) is 12.2 Å². The fourth-order valence-corrected chi connectivity index (χ4v) is 5.14. The fourth-order valence-electron chi connectivity index (χ4n) is 5.14. The molecule has 1 N–H and O–H groups in total. The SMILES string of the molecule is O=C(NC(CCCN(CC(F)(F)F)C(=O)C1c2ccccc2-c2ccccc21)n1ccnc1)c1ccccc1. The van der Waals surface area contributed by atoms with Gasteiger partial charge in [-0.25, -0.2) is 4.98 Å². The largest absolute Gasteiger partial charge is 0.406 e. The molecule has 1 aliphatic rings. The van der Waals surface area contributed by atoms with E-state index in [0.717, 1.165) is 16.0 Å². The number of benzene rings is 3. The van der Waals surface area contributed by atoms with E-state index in [4.69, 9.17) is 0 Å². The van der Waals surface area contributed by atoms with Gasteiger partial charge in [0.1, 0.15) is 12.7 Å². The molecule has 1 heterocycles. The number of hydrogen-bond donors (Lipinski definition) is 1. The number of carbonyl (C=O) groups excluding carboxylic acids is 2. The standard InChI is InChI=1S/C30H27F3N4O2/c31-30(32,33)19-36(29(39)27-24-13-6-4-11-22(24)23-12-5-7-14-25(23)27)17-8-15-26(37-18-16-34-20-37)35-28(38)21-9-2-1-3-10-21/h1-7,9-14,16,18,20,26-27H,8,15,17,19H2,(H,35,38). The van der Waals surface area contributed by atoms with E-state index >= 15 is 0 Å². The molecule has 1 aliphatic carbocycles. The predicted octanol–water partition coefficient (Wildman–Crippen LogP) is 5.80. The summed E-state index contributed by atoms with van der Waals surface area (Å²) in [5.41, 5.74) is 3.61. The fraction of sp³-hybridized carbons (Fsp3) is 0.233. The molecule has 5 rings (SSSR count). The number of nitrogens with one attached hydrogen (secondary N) is 1. The molecule has 0 bridgehead atoms. The minimum Gasteiger partial charge on any atom is -0.333 e. The Morgan fingerprint density at radius 3 is 2.13 bits per heavy atom. The predicted molar refractivity (Wildman–Crippen MR) is 141 cm³/mol. The van der Waals surface area contributed by atoms with Crippen LogP contribution in [-0.2, 0) is 4.79 Å². The quantitative estimate of drug-likeness (QED) is 0.297. The zero-order valence-electron chi connectivity index (χ0n) is 21.0. The lowest BCUT2D eigenvalue weighted by atomic mass is 9.95. The average molecular weight is 533 g/mol. The molecule has 0 radical (unpaired) electrons. The summed E-state index contributed by atoms with van der Waals surface area (Å²) in [6.45, 7) is -1.47. The van der Waals surface area contributed by atoms with Crippen molar-refractivity contribution >= 4 is 11.8 Å². The van der Waals surface area contributed by atoms with Gasteiger partial charge in [0, 0.05) is 24.5 Å². The number of imidazole rings is 1. The van der Waals surface area contributed by atoms with Gasteiger partial charge in [0.15, 0.2) is 0 Å². The van der Waals surface area contributed by atoms with Gasteiger partial charge >= 0.3 is 6.18 Å². The van der Waals surface area contributed by atoms with Crippen LogP contribution in [0.15, 0.2) is 97.6 Å². The Morgan fingerprint density at radius 1 is 0.923 bits per heavy atom. The summed E-state index contributed by atoms with van der Waals surface area (Å²) >= 11 is 0. The van der Waals surface area contributed by atoms with Gasteiger partial charge in [0.2, 0.25) is 5.91 Å². The molecule has 39 heavy (non-hydrogen) atoms. The van der Waals surface area contributed by atoms with Crippen molar-refractivity contribution in [3.63, 3.8) is 0 Å². The van der Waals surface area contributed by atoms with E-state index in [1.807, 2.05) is 24.3 Å². The van der Waals surface area contributed by atoms with Crippen LogP contribution in [-0.4, -0.2) is 45.5 Å². The monoisotopic (exact) mass is 532 g/mol. The Morgan fingerprint density at radius 2 is 1.54 bits per heavy atom. The summed E-state index contributed by atoms with van der Waals surface area (Å²) in [6.07, 6.45) is 0.219. The van der Waals surface area contributed by atoms with E-state index in [1.165, 1.54) is 0 Å². The van der Waals surface area contributed by atoms with Crippen LogP contribution >= 0.6 is 0 Å². The third-order valence-electron chi connectivity index (χ3n) is 6.89. The van der Waals surface area contributed by atoms with E-state index in [0.29, 0.717) is 23.1 Å². The molecular formula is C30H27F3N4O2. The van der Waals surface area contributed by atoms with Gasteiger partial charge in [-0.15, -0.1) is 0 Å². The lowest BCUT2D eigenvalue weighted by Gasteiger charge is -2.28. The number of aromatic nitrogens is 2. The average Bonchev–Trinajstić information content (AvgIpc) is 3.58. The number of carbonyl (C=O) groups is 2. The van der Waals surface area contributed by atoms with Gasteiger partial charge in [-0.3, -0.25) is 9.59 Å². The molecule has 4 aromatic rings. The van der Waals surface area contributed by atoms with E-state index in [2.05, 4.69) is 10.3 Å². The van der Waals surface area contributed by atoms with E-state index in [9.17, 15) is 22.8 Å². The molecule has 0 fully saturated rings. The van der Waals surface area contributed by atoms with Gasteiger partial charge in [-0.1, -0.05) is 66.7 Å². The Hall–Kier alpha value is -4.40. The van der Waals surface area contributed by atoms with E-state index < -0.39 is 30.7 Å². The topological polar surface area (TPSA) is 67.2 Å². The van der Waals surface area contributed by atoms with E-state index in [1.54, 1.807) is 77.9 Å². The number of alkyl halides is 3. The molecule has 0 spiro atoms. The highest BCUT2D eigenvalue weighted by atomic mass is 19.4. The molecule has 2 amide bonds. The molecule has 6 nitrogen and oxygen atoms in total. The second kappa shape index (κ2) is 11.1. The van der Waals surface area contributed by atoms with Gasteiger partial charge in [0.25, 0.3) is 5.91 Å². The van der Waals surface area contributed by atoms with Gasteiger partial charge in [-0.05, 0) is 47.2 Å². The smallest absolute Gasteiger partial charge is 0.333 e. The maximum Gasteiger partial charge on any atom is 0.406 e. The Bertz CT molecular complexity index is 1390. The molecule has 1 unspecified atom stereocenters. The lowest BCUT2D eigenvalue weighted by molar-refractivity contribution is -0.161. The van der Waals surface area contributed by atoms with Crippen LogP contribution in [0, 0.1) is 0 Å². The minimum absolute atomic E-state index is 0.119. The first-order valence-corrected chi connectivity index (χ1v) is 12.7. The number of hydrogen-bond acceptors (Lipinski definition) is 3. The van der Waals surface area contributed by atoms with Crippen molar-refractivity contribution in [3.8, 4) is 11.1 Å². The van der Waals surface area contributed by atoms with Crippen LogP contribution in [0.25, 0.3) is 11.1 Å². The van der Waals surface area contributed by atoms with Crippen molar-refractivity contribution in [3.05, 3.63) is 114 Å². The van der Waals surface area contributed by atoms with E-state index in [-0.39, 0.29) is 18.9 Å². The van der Waals surface area contributed by atoms with Crippen molar-refractivity contribution in [1.29, 1.82) is 0 Å². The van der Waals surface area contributed by atoms with Gasteiger partial charge in [-0.2, -0.15) is 13.2 Å². The maximum absolute atomic E-state index is 13.8. The Kier molecular flexibility index (Phi) is 7.49. The molecule has 0 saturated heterocycles. The number of nitrogens with zero attached hydrogens (tertiary/aromatic N) is 3. The van der Waals surface area contributed by atoms with Crippen molar-refractivity contribution in [2.45, 2.75) is 31.1 Å². The molecule has 3 aromatic carbocycles. The zero-order valence-corrected chi connectivity index (χ0v) is 21.0. The number of halogens is 3. The Labute approximate surface area is 224 Å². The molecule has 9 heteroatoms. The molecule has 1 atom stereocenters. The number of amides is 2. The summed E-state index contributed by atoms with van der Waals surface area (Å²) in [7, 11) is 0. The van der Waals surface area contributed by atoms with Crippen LogP contribution in [0.4, 0.5) is 13.2 Å². The van der Waals surface area contributed by atoms with Crippen molar-refractivity contribution < 1.29 is 22.8 Å². The molecule has 1 aromatic heterocycles. The van der Waals surface area contributed by atoms with Crippen molar-refractivity contribution in [2.75, 3.05) is 13.1 Å². The van der Waals surface area contributed by atoms with Crippen LogP contribution in [0.3, 0.4) is 0 Å². The summed E-state index contributed by atoms with van der Waals surface area (Å²) in [5, 5.41) is 2.93. The number of fused-ring (bicyclic) bond motifs is 3. The van der Waals surface area contributed by atoms with Crippen LogP contribution in [0.1, 0.15) is 46.4 Å². The summed E-state index contributed by atoms with van der Waals surface area (Å²) in [5.74, 6) is -1.70. The first kappa shape index (κ1) is 26.2. The second-order valence-corrected chi connectivity index (χ2v) is 9.49. The van der Waals surface area contributed by atoms with Crippen LogP contribution < -0.4 is 5.32 Å². The number of rotatable bonds is 9. The molecule has 200 valence electrons. The minimum atomic E-state index is -4.56. The van der Waals surface area contributed by atoms with Crippen molar-refractivity contribution in [1.82, 2.24) is 19.8 Å². The van der Waals surface area contributed by atoms with Gasteiger partial charge < -0.3 is 14.8 Å². The van der Waals surface area contributed by atoms with Crippen LogP contribution in [0.5, 0.6) is 0 Å². The zero-order chi connectivity index (χ0) is 27.4. The highest BCUT2D eigenvalue weighted by Gasteiger charge is 2.40. The second-order valence-electron chi connectivity index (χ2n) is 9.49. The third-order valence-corrected chi connectivity index (χ3v) is 6.89.